The number of nitrogens with one attached hydrogen (secondary N) is 1. The average Bonchev–Trinajstić information content (AvgIpc) is 2.47. The van der Waals surface area contributed by atoms with Gasteiger partial charge in [-0.25, -0.2) is 0 Å². The molecule has 0 aromatic carbocycles. The van der Waals surface area contributed by atoms with Gasteiger partial charge >= 0.3 is 5.97 Å². The van der Waals surface area contributed by atoms with Gasteiger partial charge in [-0.15, -0.1) is 0 Å². The van der Waals surface area contributed by atoms with E-state index in [1.165, 1.54) is 13.5 Å². The molecule has 0 aliphatic heterocycles. The normalized spacial score (nSPS) is 11.9. The molecule has 20 heavy (non-hydrogen) atoms. The van der Waals surface area contributed by atoms with Gasteiger partial charge in [-0.05, 0) is 12.8 Å². The first-order valence-corrected chi connectivity index (χ1v) is 7.96. The number of hydrogen-bond acceptors (Lipinski definition) is 5. The Hall–Kier alpha value is -0.750. The summed E-state index contributed by atoms with van der Waals surface area (Å²) < 4.78 is 4.58. The molecule has 1 amide bonds. The molecule has 0 aromatic rings. The van der Waals surface area contributed by atoms with Crippen LogP contribution in [0.3, 0.4) is 0 Å². The van der Waals surface area contributed by atoms with Crippen LogP contribution >= 0.6 is 12.6 Å². The molecule has 0 heterocycles. The number of esters is 1. The molecule has 0 aromatic heterocycles. The summed E-state index contributed by atoms with van der Waals surface area (Å²) >= 11 is 3.98. The predicted octanol–water partition coefficient (Wildman–Crippen LogP) is 1.65. The molecule has 0 aliphatic rings. The van der Waals surface area contributed by atoms with Crippen molar-refractivity contribution in [3.05, 3.63) is 0 Å². The predicted molar refractivity (Wildman–Crippen MR) is 83.8 cm³/mol. The molecular weight excluding hydrogens is 276 g/mol. The second-order valence-corrected chi connectivity index (χ2v) is 5.25. The summed E-state index contributed by atoms with van der Waals surface area (Å²) in [7, 11) is 1.42. The fraction of sp³-hybridized carbons (Fsp3) is 0.857. The summed E-state index contributed by atoms with van der Waals surface area (Å²) in [5.41, 5.74) is 5.54. The van der Waals surface area contributed by atoms with E-state index in [0.717, 1.165) is 38.5 Å². The molecule has 0 spiro atoms. The van der Waals surface area contributed by atoms with Crippen LogP contribution < -0.4 is 11.1 Å². The van der Waals surface area contributed by atoms with Crippen LogP contribution in [0.1, 0.15) is 51.4 Å². The molecule has 118 valence electrons. The molecule has 0 rings (SSSR count). The monoisotopic (exact) mass is 304 g/mol. The van der Waals surface area contributed by atoms with E-state index in [1.807, 2.05) is 0 Å². The number of thiol groups is 1. The molecule has 0 saturated carbocycles. The number of rotatable bonds is 12. The van der Waals surface area contributed by atoms with Gasteiger partial charge in [0.15, 0.2) is 0 Å². The lowest BCUT2D eigenvalue weighted by molar-refractivity contribution is -0.140. The topological polar surface area (TPSA) is 81.4 Å². The first kappa shape index (κ1) is 19.2. The fourth-order valence-electron chi connectivity index (χ4n) is 1.81. The van der Waals surface area contributed by atoms with E-state index in [2.05, 4.69) is 22.7 Å². The molecule has 1 atom stereocenters. The first-order valence-electron chi connectivity index (χ1n) is 7.32. The van der Waals surface area contributed by atoms with E-state index in [1.54, 1.807) is 0 Å². The third kappa shape index (κ3) is 11.1. The highest BCUT2D eigenvalue weighted by atomic mass is 32.1. The Kier molecular flexibility index (Phi) is 12.7. The van der Waals surface area contributed by atoms with Crippen molar-refractivity contribution in [2.75, 3.05) is 19.4 Å². The van der Waals surface area contributed by atoms with Crippen molar-refractivity contribution in [1.29, 1.82) is 0 Å². The van der Waals surface area contributed by atoms with Crippen LogP contribution in [-0.2, 0) is 14.3 Å². The third-order valence-corrected chi connectivity index (χ3v) is 3.51. The van der Waals surface area contributed by atoms with Crippen LogP contribution in [0.5, 0.6) is 0 Å². The summed E-state index contributed by atoms with van der Waals surface area (Å²) in [5, 5.41) is 2.80. The SMILES string of the molecule is COC(=O)CCCCCCCCCNC(=O)C(N)CS. The zero-order valence-corrected chi connectivity index (χ0v) is 13.3. The summed E-state index contributed by atoms with van der Waals surface area (Å²) in [5.74, 6) is 0.125. The van der Waals surface area contributed by atoms with Gasteiger partial charge < -0.3 is 15.8 Å². The standard InChI is InChI=1S/C14H28N2O3S/c1-19-13(17)9-7-5-3-2-4-6-8-10-16-14(18)12(15)11-20/h12,20H,2-11,15H2,1H3,(H,16,18). The van der Waals surface area contributed by atoms with Crippen molar-refractivity contribution in [1.82, 2.24) is 5.32 Å². The Morgan fingerprint density at radius 3 is 2.20 bits per heavy atom. The van der Waals surface area contributed by atoms with Gasteiger partial charge in [0.1, 0.15) is 0 Å². The third-order valence-electron chi connectivity index (χ3n) is 3.12. The highest BCUT2D eigenvalue weighted by molar-refractivity contribution is 7.80. The zero-order valence-electron chi connectivity index (χ0n) is 12.4. The van der Waals surface area contributed by atoms with Gasteiger partial charge in [0, 0.05) is 18.7 Å². The second kappa shape index (κ2) is 13.2. The molecule has 3 N–H and O–H groups in total. The van der Waals surface area contributed by atoms with Crippen LogP contribution in [0.4, 0.5) is 0 Å². The van der Waals surface area contributed by atoms with Crippen molar-refractivity contribution >= 4 is 24.5 Å². The van der Waals surface area contributed by atoms with E-state index in [0.29, 0.717) is 18.7 Å². The van der Waals surface area contributed by atoms with Crippen LogP contribution in [0.25, 0.3) is 0 Å². The fourth-order valence-corrected chi connectivity index (χ4v) is 1.97. The van der Waals surface area contributed by atoms with Gasteiger partial charge in [-0.1, -0.05) is 32.1 Å². The van der Waals surface area contributed by atoms with Crippen molar-refractivity contribution < 1.29 is 14.3 Å². The highest BCUT2D eigenvalue weighted by Gasteiger charge is 2.09. The Bertz CT molecular complexity index is 275. The number of hydrogen-bond donors (Lipinski definition) is 3. The lowest BCUT2D eigenvalue weighted by atomic mass is 10.1. The van der Waals surface area contributed by atoms with E-state index in [4.69, 9.17) is 5.73 Å². The highest BCUT2D eigenvalue weighted by Crippen LogP contribution is 2.08. The van der Waals surface area contributed by atoms with E-state index >= 15 is 0 Å². The minimum Gasteiger partial charge on any atom is -0.469 e. The molecule has 0 bridgehead atoms. The van der Waals surface area contributed by atoms with Crippen LogP contribution in [0, 0.1) is 0 Å². The van der Waals surface area contributed by atoms with Crippen LogP contribution in [0.2, 0.25) is 0 Å². The molecular formula is C14H28N2O3S. The van der Waals surface area contributed by atoms with Crippen molar-refractivity contribution in [3.63, 3.8) is 0 Å². The minimum absolute atomic E-state index is 0.122. The Morgan fingerprint density at radius 2 is 1.65 bits per heavy atom. The summed E-state index contributed by atoms with van der Waals surface area (Å²) in [4.78, 5) is 22.2. The minimum atomic E-state index is -0.506. The lowest BCUT2D eigenvalue weighted by Crippen LogP contribution is -2.42. The Labute approximate surface area is 127 Å². The van der Waals surface area contributed by atoms with E-state index in [-0.39, 0.29) is 11.9 Å². The van der Waals surface area contributed by atoms with Crippen LogP contribution in [0.15, 0.2) is 0 Å². The lowest BCUT2D eigenvalue weighted by Gasteiger charge is -2.09. The number of nitrogens with two attached hydrogens (primary N) is 1. The van der Waals surface area contributed by atoms with Gasteiger partial charge in [0.05, 0.1) is 13.2 Å². The van der Waals surface area contributed by atoms with Gasteiger partial charge in [0.2, 0.25) is 5.91 Å². The molecule has 6 heteroatoms. The zero-order chi connectivity index (χ0) is 15.2. The Morgan fingerprint density at radius 1 is 1.10 bits per heavy atom. The summed E-state index contributed by atoms with van der Waals surface area (Å²) in [6.45, 7) is 0.683. The van der Waals surface area contributed by atoms with Crippen molar-refractivity contribution in [2.24, 2.45) is 5.73 Å². The molecule has 1 unspecified atom stereocenters. The number of ether oxygens (including phenoxy) is 1. The number of unbranched alkanes of at least 4 members (excludes halogenated alkanes) is 6. The van der Waals surface area contributed by atoms with Crippen molar-refractivity contribution in [2.45, 2.75) is 57.4 Å². The quantitative estimate of drug-likeness (QED) is 0.291. The maximum absolute atomic E-state index is 11.3. The average molecular weight is 304 g/mol. The first-order chi connectivity index (χ1) is 9.61. The molecule has 0 saturated heterocycles. The van der Waals surface area contributed by atoms with Gasteiger partial charge in [-0.2, -0.15) is 12.6 Å². The number of carbonyl (C=O) groups excluding carboxylic acids is 2. The van der Waals surface area contributed by atoms with Crippen molar-refractivity contribution in [3.8, 4) is 0 Å². The Balaban J connectivity index is 3.21. The smallest absolute Gasteiger partial charge is 0.305 e. The maximum Gasteiger partial charge on any atom is 0.305 e. The largest absolute Gasteiger partial charge is 0.469 e. The molecule has 5 nitrogen and oxygen atoms in total. The van der Waals surface area contributed by atoms with Gasteiger partial charge in [-0.3, -0.25) is 9.59 Å². The van der Waals surface area contributed by atoms with Gasteiger partial charge in [0.25, 0.3) is 0 Å². The number of amides is 1. The molecule has 0 aliphatic carbocycles. The molecule has 0 fully saturated rings. The van der Waals surface area contributed by atoms with Crippen LogP contribution in [-0.4, -0.2) is 37.3 Å². The number of carbonyl (C=O) groups is 2. The summed E-state index contributed by atoms with van der Waals surface area (Å²) in [6.07, 6.45) is 8.06. The second-order valence-electron chi connectivity index (χ2n) is 4.88. The summed E-state index contributed by atoms with van der Waals surface area (Å²) in [6, 6.07) is -0.506. The molecule has 0 radical (unpaired) electrons. The van der Waals surface area contributed by atoms with E-state index < -0.39 is 6.04 Å². The maximum atomic E-state index is 11.3. The number of methoxy groups -OCH3 is 1. The van der Waals surface area contributed by atoms with E-state index in [9.17, 15) is 9.59 Å².